The van der Waals surface area contributed by atoms with Crippen molar-refractivity contribution in [1.29, 1.82) is 0 Å². The number of furan rings is 1. The summed E-state index contributed by atoms with van der Waals surface area (Å²) in [5.74, 6) is 0. The molecule has 0 saturated carbocycles. The fraction of sp³-hybridized carbons (Fsp3) is 0.200. The Kier molecular flexibility index (Phi) is 2.30. The van der Waals surface area contributed by atoms with E-state index in [1.807, 2.05) is 0 Å². The van der Waals surface area contributed by atoms with Gasteiger partial charge in [-0.05, 0) is 28.9 Å². The van der Waals surface area contributed by atoms with Crippen molar-refractivity contribution in [3.63, 3.8) is 0 Å². The van der Waals surface area contributed by atoms with Crippen LogP contribution in [0.15, 0.2) is 27.3 Å². The maximum atomic E-state index is 12.6. The number of para-hydroxylation sites is 1. The maximum Gasteiger partial charge on any atom is 0.420 e. The Morgan fingerprint density at radius 2 is 1.93 bits per heavy atom. The van der Waals surface area contributed by atoms with Gasteiger partial charge in [0.05, 0.1) is 5.56 Å². The van der Waals surface area contributed by atoms with E-state index < -0.39 is 11.7 Å². The number of benzene rings is 1. The molecule has 15 heavy (non-hydrogen) atoms. The summed E-state index contributed by atoms with van der Waals surface area (Å²) in [4.78, 5) is 0. The fourth-order valence-electron chi connectivity index (χ4n) is 1.44. The van der Waals surface area contributed by atoms with Crippen LogP contribution in [0.2, 0.25) is 0 Å². The van der Waals surface area contributed by atoms with Crippen molar-refractivity contribution in [1.82, 2.24) is 0 Å². The van der Waals surface area contributed by atoms with Crippen LogP contribution < -0.4 is 0 Å². The van der Waals surface area contributed by atoms with Gasteiger partial charge in [-0.2, -0.15) is 13.2 Å². The minimum absolute atomic E-state index is 0.116. The molecule has 0 fully saturated rings. The summed E-state index contributed by atoms with van der Waals surface area (Å²) in [6.45, 7) is 1.70. The highest BCUT2D eigenvalue weighted by Gasteiger charge is 2.34. The molecule has 0 aliphatic heterocycles. The molecule has 2 aromatic rings. The molecule has 1 heterocycles. The molecule has 0 unspecified atom stereocenters. The van der Waals surface area contributed by atoms with Crippen molar-refractivity contribution in [3.05, 3.63) is 34.0 Å². The number of alkyl halides is 3. The van der Waals surface area contributed by atoms with Crippen molar-refractivity contribution in [3.8, 4) is 0 Å². The Hall–Kier alpha value is -0.970. The fourth-order valence-corrected chi connectivity index (χ4v) is 1.81. The smallest absolute Gasteiger partial charge is 0.420 e. The molecular formula is C10H6BrF3O. The third-order valence-electron chi connectivity index (χ3n) is 2.21. The standard InChI is InChI=1S/C10H6BrF3O/c1-5-6-3-2-4-7(10(12,13)14)8(6)15-9(5)11/h2-4H,1H3. The molecule has 0 atom stereocenters. The summed E-state index contributed by atoms with van der Waals surface area (Å²) in [5, 5.41) is 0.483. The highest BCUT2D eigenvalue weighted by molar-refractivity contribution is 9.10. The lowest BCUT2D eigenvalue weighted by Gasteiger charge is -2.05. The number of hydrogen-bond acceptors (Lipinski definition) is 1. The minimum Gasteiger partial charge on any atom is -0.448 e. The Bertz CT molecular complexity index is 513. The summed E-state index contributed by atoms with van der Waals surface area (Å²) < 4.78 is 43.1. The molecule has 1 nitrogen and oxygen atoms in total. The summed E-state index contributed by atoms with van der Waals surface area (Å²) in [5.41, 5.74) is -0.181. The quantitative estimate of drug-likeness (QED) is 0.690. The van der Waals surface area contributed by atoms with Gasteiger partial charge in [-0.15, -0.1) is 0 Å². The van der Waals surface area contributed by atoms with Gasteiger partial charge in [-0.3, -0.25) is 0 Å². The molecule has 5 heteroatoms. The first-order valence-corrected chi connectivity index (χ1v) is 4.95. The second-order valence-corrected chi connectivity index (χ2v) is 3.90. The summed E-state index contributed by atoms with van der Waals surface area (Å²) in [7, 11) is 0. The molecule has 0 spiro atoms. The van der Waals surface area contributed by atoms with Crippen LogP contribution in [0.3, 0.4) is 0 Å². The first kappa shape index (κ1) is 10.5. The van der Waals surface area contributed by atoms with Crippen LogP contribution in [0.1, 0.15) is 11.1 Å². The topological polar surface area (TPSA) is 13.1 Å². The number of halogens is 4. The molecule has 0 saturated heterocycles. The highest BCUT2D eigenvalue weighted by atomic mass is 79.9. The summed E-state index contributed by atoms with van der Waals surface area (Å²) in [6.07, 6.45) is -4.39. The average Bonchev–Trinajstić information content (AvgIpc) is 2.41. The van der Waals surface area contributed by atoms with Gasteiger partial charge in [-0.1, -0.05) is 12.1 Å². The monoisotopic (exact) mass is 278 g/mol. The van der Waals surface area contributed by atoms with Gasteiger partial charge >= 0.3 is 6.18 Å². The van der Waals surface area contributed by atoms with Crippen molar-refractivity contribution in [2.24, 2.45) is 0 Å². The van der Waals surface area contributed by atoms with E-state index in [4.69, 9.17) is 4.42 Å². The number of rotatable bonds is 0. The van der Waals surface area contributed by atoms with Gasteiger partial charge in [0.2, 0.25) is 0 Å². The molecule has 0 bridgehead atoms. The van der Waals surface area contributed by atoms with E-state index in [-0.39, 0.29) is 5.58 Å². The molecule has 2 rings (SSSR count). The second-order valence-electron chi connectivity index (χ2n) is 3.18. The molecule has 1 aromatic carbocycles. The average molecular weight is 279 g/mol. The third-order valence-corrected chi connectivity index (χ3v) is 2.97. The molecule has 80 valence electrons. The first-order valence-electron chi connectivity index (χ1n) is 4.16. The minimum atomic E-state index is -4.39. The van der Waals surface area contributed by atoms with E-state index in [9.17, 15) is 13.2 Å². The van der Waals surface area contributed by atoms with E-state index in [1.54, 1.807) is 13.0 Å². The van der Waals surface area contributed by atoms with Gasteiger partial charge in [0.1, 0.15) is 5.58 Å². The van der Waals surface area contributed by atoms with E-state index in [0.29, 0.717) is 15.6 Å². The van der Waals surface area contributed by atoms with Crippen LogP contribution in [0.5, 0.6) is 0 Å². The molecule has 0 aliphatic rings. The van der Waals surface area contributed by atoms with Gasteiger partial charge < -0.3 is 4.42 Å². The van der Waals surface area contributed by atoms with E-state index >= 15 is 0 Å². The molecule has 0 radical (unpaired) electrons. The van der Waals surface area contributed by atoms with Crippen LogP contribution in [0, 0.1) is 6.92 Å². The normalized spacial score (nSPS) is 12.3. The van der Waals surface area contributed by atoms with Crippen molar-refractivity contribution >= 4 is 26.9 Å². The van der Waals surface area contributed by atoms with Crippen LogP contribution in [0.25, 0.3) is 11.0 Å². The lowest BCUT2D eigenvalue weighted by atomic mass is 10.1. The van der Waals surface area contributed by atoms with Gasteiger partial charge in [0, 0.05) is 10.9 Å². The van der Waals surface area contributed by atoms with E-state index in [1.165, 1.54) is 6.07 Å². The molecular weight excluding hydrogens is 273 g/mol. The predicted molar refractivity (Wildman–Crippen MR) is 53.7 cm³/mol. The van der Waals surface area contributed by atoms with E-state index in [2.05, 4.69) is 15.9 Å². The SMILES string of the molecule is Cc1c(Br)oc2c(C(F)(F)F)cccc12. The number of fused-ring (bicyclic) bond motifs is 1. The lowest BCUT2D eigenvalue weighted by molar-refractivity contribution is -0.136. The Balaban J connectivity index is 2.83. The van der Waals surface area contributed by atoms with Crippen LogP contribution in [-0.4, -0.2) is 0 Å². The molecule has 1 aromatic heterocycles. The van der Waals surface area contributed by atoms with Gasteiger partial charge in [0.15, 0.2) is 4.67 Å². The Morgan fingerprint density at radius 1 is 1.27 bits per heavy atom. The molecule has 0 N–H and O–H groups in total. The molecule has 0 amide bonds. The molecule has 0 aliphatic carbocycles. The van der Waals surface area contributed by atoms with Crippen molar-refractivity contribution in [2.45, 2.75) is 13.1 Å². The highest BCUT2D eigenvalue weighted by Crippen LogP contribution is 2.38. The first-order chi connectivity index (χ1) is 6.91. The van der Waals surface area contributed by atoms with Gasteiger partial charge in [0.25, 0.3) is 0 Å². The van der Waals surface area contributed by atoms with E-state index in [0.717, 1.165) is 6.07 Å². The Labute approximate surface area is 92.0 Å². The number of hydrogen-bond donors (Lipinski definition) is 0. The zero-order valence-corrected chi connectivity index (χ0v) is 9.24. The Morgan fingerprint density at radius 3 is 2.53 bits per heavy atom. The summed E-state index contributed by atoms with van der Waals surface area (Å²) in [6, 6.07) is 3.99. The lowest BCUT2D eigenvalue weighted by Crippen LogP contribution is -2.04. The maximum absolute atomic E-state index is 12.6. The number of aryl methyl sites for hydroxylation is 1. The largest absolute Gasteiger partial charge is 0.448 e. The van der Waals surface area contributed by atoms with Crippen LogP contribution in [0.4, 0.5) is 13.2 Å². The van der Waals surface area contributed by atoms with Crippen molar-refractivity contribution in [2.75, 3.05) is 0 Å². The van der Waals surface area contributed by atoms with Crippen LogP contribution in [-0.2, 0) is 6.18 Å². The third kappa shape index (κ3) is 1.65. The van der Waals surface area contributed by atoms with Crippen LogP contribution >= 0.6 is 15.9 Å². The van der Waals surface area contributed by atoms with Crippen molar-refractivity contribution < 1.29 is 17.6 Å². The van der Waals surface area contributed by atoms with Gasteiger partial charge in [-0.25, -0.2) is 0 Å². The zero-order chi connectivity index (χ0) is 11.2. The second kappa shape index (κ2) is 3.27. The zero-order valence-electron chi connectivity index (χ0n) is 7.65. The predicted octanol–water partition coefficient (Wildman–Crippen LogP) is 4.52. The summed E-state index contributed by atoms with van der Waals surface area (Å²) >= 11 is 3.08.